The summed E-state index contributed by atoms with van der Waals surface area (Å²) in [7, 11) is -0.229. The Balaban J connectivity index is 2.81. The first-order chi connectivity index (χ1) is 9.81. The maximum Gasteiger partial charge on any atom is 0.251 e. The van der Waals surface area contributed by atoms with Crippen LogP contribution < -0.4 is 9.62 Å². The number of hydrogen-bond acceptors (Lipinski definition) is 4. The molecule has 0 aliphatic carbocycles. The maximum absolute atomic E-state index is 12.0. The van der Waals surface area contributed by atoms with Gasteiger partial charge in [-0.2, -0.15) is 0 Å². The molecule has 1 amide bonds. The summed E-state index contributed by atoms with van der Waals surface area (Å²) in [6.45, 7) is 3.86. The van der Waals surface area contributed by atoms with E-state index in [1.807, 2.05) is 6.92 Å². The molecule has 0 spiro atoms. The Morgan fingerprint density at radius 3 is 2.38 bits per heavy atom. The second-order valence-electron chi connectivity index (χ2n) is 4.74. The van der Waals surface area contributed by atoms with Crippen LogP contribution in [0.3, 0.4) is 0 Å². The number of rotatable bonds is 7. The largest absolute Gasteiger partial charge is 0.383 e. The van der Waals surface area contributed by atoms with Crippen molar-refractivity contribution in [3.05, 3.63) is 29.8 Å². The quantitative estimate of drug-likeness (QED) is 0.821. The minimum absolute atomic E-state index is 0.0280. The van der Waals surface area contributed by atoms with Crippen LogP contribution in [0.2, 0.25) is 0 Å². The molecule has 21 heavy (non-hydrogen) atoms. The highest BCUT2D eigenvalue weighted by atomic mass is 32.2. The van der Waals surface area contributed by atoms with Gasteiger partial charge in [-0.25, -0.2) is 8.42 Å². The molecule has 0 radical (unpaired) electrons. The first kappa shape index (κ1) is 17.5. The number of ether oxygens (including phenoxy) is 1. The van der Waals surface area contributed by atoms with Crippen molar-refractivity contribution in [2.24, 2.45) is 0 Å². The molecule has 0 aromatic heterocycles. The molecule has 0 aliphatic rings. The second kappa shape index (κ2) is 7.42. The molecular weight excluding hydrogens is 292 g/mol. The topological polar surface area (TPSA) is 75.7 Å². The van der Waals surface area contributed by atoms with E-state index in [1.165, 1.54) is 11.4 Å². The molecule has 0 aliphatic heterocycles. The Morgan fingerprint density at radius 2 is 1.90 bits per heavy atom. The van der Waals surface area contributed by atoms with Crippen LogP contribution in [0.1, 0.15) is 24.2 Å². The summed E-state index contributed by atoms with van der Waals surface area (Å²) < 4.78 is 29.7. The molecule has 0 saturated carbocycles. The van der Waals surface area contributed by atoms with Gasteiger partial charge < -0.3 is 10.1 Å². The SMILES string of the molecule is CCS(=O)(=O)N(C)c1ccc(C(=O)N[C@H](C)COC)cc1. The van der Waals surface area contributed by atoms with E-state index >= 15 is 0 Å². The fourth-order valence-electron chi connectivity index (χ4n) is 1.78. The maximum atomic E-state index is 12.0. The summed E-state index contributed by atoms with van der Waals surface area (Å²) >= 11 is 0. The van der Waals surface area contributed by atoms with E-state index in [2.05, 4.69) is 5.32 Å². The zero-order valence-electron chi connectivity index (χ0n) is 12.8. The third-order valence-corrected chi connectivity index (χ3v) is 4.84. The van der Waals surface area contributed by atoms with Crippen LogP contribution in [0.5, 0.6) is 0 Å². The fourth-order valence-corrected chi connectivity index (χ4v) is 2.61. The molecule has 1 aromatic carbocycles. The highest BCUT2D eigenvalue weighted by molar-refractivity contribution is 7.92. The number of carbonyl (C=O) groups excluding carboxylic acids is 1. The Labute approximate surface area is 126 Å². The lowest BCUT2D eigenvalue weighted by Gasteiger charge is -2.19. The number of nitrogens with zero attached hydrogens (tertiary/aromatic N) is 1. The Bertz CT molecular complexity index is 569. The molecule has 1 atom stereocenters. The van der Waals surface area contributed by atoms with Crippen LogP contribution in [-0.2, 0) is 14.8 Å². The van der Waals surface area contributed by atoms with Gasteiger partial charge in [0.2, 0.25) is 10.0 Å². The van der Waals surface area contributed by atoms with Crippen LogP contribution >= 0.6 is 0 Å². The van der Waals surface area contributed by atoms with Crippen LogP contribution in [-0.4, -0.2) is 46.9 Å². The number of amides is 1. The third-order valence-electron chi connectivity index (χ3n) is 3.07. The van der Waals surface area contributed by atoms with Gasteiger partial charge in [-0.15, -0.1) is 0 Å². The number of benzene rings is 1. The highest BCUT2D eigenvalue weighted by Gasteiger charge is 2.16. The summed E-state index contributed by atoms with van der Waals surface area (Å²) in [5.41, 5.74) is 1.00. The lowest BCUT2D eigenvalue weighted by molar-refractivity contribution is 0.0905. The molecule has 1 N–H and O–H groups in total. The number of nitrogens with one attached hydrogen (secondary N) is 1. The molecule has 7 heteroatoms. The van der Waals surface area contributed by atoms with E-state index in [0.717, 1.165) is 0 Å². The van der Waals surface area contributed by atoms with Crippen molar-refractivity contribution in [3.8, 4) is 0 Å². The molecule has 0 unspecified atom stereocenters. The van der Waals surface area contributed by atoms with Crippen LogP contribution in [0.4, 0.5) is 5.69 Å². The zero-order chi connectivity index (χ0) is 16.0. The standard InChI is InChI=1S/C14H22N2O4S/c1-5-21(18,19)16(3)13-8-6-12(7-9-13)14(17)15-11(2)10-20-4/h6-9,11H,5,10H2,1-4H3,(H,15,17)/t11-/m1/s1. The molecule has 1 rings (SSSR count). The van der Waals surface area contributed by atoms with Crippen LogP contribution in [0, 0.1) is 0 Å². The lowest BCUT2D eigenvalue weighted by atomic mass is 10.2. The first-order valence-electron chi connectivity index (χ1n) is 6.68. The Morgan fingerprint density at radius 1 is 1.33 bits per heavy atom. The van der Waals surface area contributed by atoms with Gasteiger partial charge >= 0.3 is 0 Å². The zero-order valence-corrected chi connectivity index (χ0v) is 13.6. The molecule has 0 bridgehead atoms. The Kier molecular flexibility index (Phi) is 6.17. The monoisotopic (exact) mass is 314 g/mol. The lowest BCUT2D eigenvalue weighted by Crippen LogP contribution is -2.35. The fraction of sp³-hybridized carbons (Fsp3) is 0.500. The van der Waals surface area contributed by atoms with Crippen molar-refractivity contribution in [2.75, 3.05) is 30.8 Å². The summed E-state index contributed by atoms with van der Waals surface area (Å²) in [5.74, 6) is -0.188. The highest BCUT2D eigenvalue weighted by Crippen LogP contribution is 2.17. The van der Waals surface area contributed by atoms with Crippen molar-refractivity contribution in [1.29, 1.82) is 0 Å². The molecule has 6 nitrogen and oxygen atoms in total. The summed E-state index contributed by atoms with van der Waals surface area (Å²) in [4.78, 5) is 12.0. The number of sulfonamides is 1. The van der Waals surface area contributed by atoms with Crippen molar-refractivity contribution in [2.45, 2.75) is 19.9 Å². The van der Waals surface area contributed by atoms with E-state index in [9.17, 15) is 13.2 Å². The van der Waals surface area contributed by atoms with Crippen molar-refractivity contribution in [3.63, 3.8) is 0 Å². The van der Waals surface area contributed by atoms with Gasteiger partial charge in [0.25, 0.3) is 5.91 Å². The van der Waals surface area contributed by atoms with Gasteiger partial charge in [0.05, 0.1) is 18.0 Å². The summed E-state index contributed by atoms with van der Waals surface area (Å²) in [6, 6.07) is 6.34. The van der Waals surface area contributed by atoms with Gasteiger partial charge in [0, 0.05) is 25.8 Å². The average Bonchev–Trinajstić information content (AvgIpc) is 2.46. The van der Waals surface area contributed by atoms with Gasteiger partial charge in [0.1, 0.15) is 0 Å². The molecule has 0 heterocycles. The predicted molar refractivity (Wildman–Crippen MR) is 83.1 cm³/mol. The average molecular weight is 314 g/mol. The van der Waals surface area contributed by atoms with Gasteiger partial charge in [0.15, 0.2) is 0 Å². The number of anilines is 1. The van der Waals surface area contributed by atoms with E-state index in [0.29, 0.717) is 17.9 Å². The number of hydrogen-bond donors (Lipinski definition) is 1. The van der Waals surface area contributed by atoms with E-state index in [-0.39, 0.29) is 17.7 Å². The van der Waals surface area contributed by atoms with E-state index in [4.69, 9.17) is 4.74 Å². The Hall–Kier alpha value is -1.60. The normalized spacial score (nSPS) is 12.8. The van der Waals surface area contributed by atoms with Gasteiger partial charge in [-0.1, -0.05) is 0 Å². The molecular formula is C14H22N2O4S. The molecule has 1 aromatic rings. The first-order valence-corrected chi connectivity index (χ1v) is 8.29. The molecule has 0 saturated heterocycles. The molecule has 118 valence electrons. The van der Waals surface area contributed by atoms with Crippen molar-refractivity contribution in [1.82, 2.24) is 5.32 Å². The smallest absolute Gasteiger partial charge is 0.251 e. The summed E-state index contributed by atoms with van der Waals surface area (Å²) in [5, 5.41) is 2.79. The summed E-state index contributed by atoms with van der Waals surface area (Å²) in [6.07, 6.45) is 0. The second-order valence-corrected chi connectivity index (χ2v) is 7.03. The van der Waals surface area contributed by atoms with Crippen molar-refractivity contribution < 1.29 is 17.9 Å². The van der Waals surface area contributed by atoms with E-state index < -0.39 is 10.0 Å². The van der Waals surface area contributed by atoms with Crippen molar-refractivity contribution >= 4 is 21.6 Å². The minimum atomic E-state index is -3.29. The van der Waals surface area contributed by atoms with Gasteiger partial charge in [-0.3, -0.25) is 9.10 Å². The minimum Gasteiger partial charge on any atom is -0.383 e. The van der Waals surface area contributed by atoms with Crippen LogP contribution in [0.25, 0.3) is 0 Å². The predicted octanol–water partition coefficient (Wildman–Crippen LogP) is 1.24. The van der Waals surface area contributed by atoms with Gasteiger partial charge in [-0.05, 0) is 38.1 Å². The van der Waals surface area contributed by atoms with Crippen LogP contribution in [0.15, 0.2) is 24.3 Å². The molecule has 0 fully saturated rings. The number of carbonyl (C=O) groups is 1. The third kappa shape index (κ3) is 4.71. The van der Waals surface area contributed by atoms with E-state index in [1.54, 1.807) is 38.3 Å². The number of methoxy groups -OCH3 is 1.